The Kier molecular flexibility index (Phi) is 4.81. The summed E-state index contributed by atoms with van der Waals surface area (Å²) in [5.41, 5.74) is 2.08. The fourth-order valence-corrected chi connectivity index (χ4v) is 2.70. The highest BCUT2D eigenvalue weighted by atomic mass is 16.5. The van der Waals surface area contributed by atoms with Gasteiger partial charge in [-0.2, -0.15) is 0 Å². The van der Waals surface area contributed by atoms with Crippen molar-refractivity contribution in [2.75, 3.05) is 13.2 Å². The number of hydrogen-bond acceptors (Lipinski definition) is 4. The number of fused-ring (bicyclic) bond motifs is 1. The average Bonchev–Trinajstić information content (AvgIpc) is 2.51. The lowest BCUT2D eigenvalue weighted by Crippen LogP contribution is -2.18. The zero-order valence-corrected chi connectivity index (χ0v) is 13.4. The van der Waals surface area contributed by atoms with E-state index in [0.29, 0.717) is 11.1 Å². The first kappa shape index (κ1) is 16.0. The Morgan fingerprint density at radius 2 is 1.18 bits per heavy atom. The van der Waals surface area contributed by atoms with Crippen LogP contribution >= 0.6 is 0 Å². The van der Waals surface area contributed by atoms with Gasteiger partial charge in [-0.3, -0.25) is 0 Å². The zero-order valence-electron chi connectivity index (χ0n) is 13.4. The van der Waals surface area contributed by atoms with Gasteiger partial charge in [0.2, 0.25) is 0 Å². The molecule has 0 N–H and O–H groups in total. The highest BCUT2D eigenvalue weighted by Gasteiger charge is 2.26. The summed E-state index contributed by atoms with van der Waals surface area (Å²) in [4.78, 5) is 24.7. The lowest BCUT2D eigenvalue weighted by atomic mass is 9.90. The molecule has 0 bridgehead atoms. The predicted molar refractivity (Wildman–Crippen MR) is 85.3 cm³/mol. The number of carbonyl (C=O) groups is 2. The first-order valence-electron chi connectivity index (χ1n) is 7.39. The molecule has 2 aromatic rings. The minimum absolute atomic E-state index is 0.256. The minimum Gasteiger partial charge on any atom is -0.462 e. The van der Waals surface area contributed by atoms with E-state index in [1.807, 2.05) is 38.1 Å². The Morgan fingerprint density at radius 3 is 1.50 bits per heavy atom. The molecule has 4 nitrogen and oxygen atoms in total. The van der Waals surface area contributed by atoms with Crippen molar-refractivity contribution < 1.29 is 19.1 Å². The summed E-state index contributed by atoms with van der Waals surface area (Å²) < 4.78 is 10.3. The lowest BCUT2D eigenvalue weighted by molar-refractivity contribution is 0.0477. The van der Waals surface area contributed by atoms with Crippen LogP contribution < -0.4 is 0 Å². The van der Waals surface area contributed by atoms with E-state index in [9.17, 15) is 9.59 Å². The number of esters is 2. The molecule has 0 radical (unpaired) electrons. The first-order valence-corrected chi connectivity index (χ1v) is 7.39. The molecule has 0 fully saturated rings. The standard InChI is InChI=1S/C18H20O4/c1-5-21-17(19)15-11(3)13-9-7-8-10-14(13)12(4)16(15)18(20)22-6-2/h7-10H,5-6H2,1-4H3. The van der Waals surface area contributed by atoms with Gasteiger partial charge < -0.3 is 9.47 Å². The summed E-state index contributed by atoms with van der Waals surface area (Å²) in [6.45, 7) is 7.66. The quantitative estimate of drug-likeness (QED) is 0.806. The van der Waals surface area contributed by atoms with Crippen molar-refractivity contribution in [3.63, 3.8) is 0 Å². The molecule has 0 atom stereocenters. The summed E-state index contributed by atoms with van der Waals surface area (Å²) in [5, 5.41) is 1.88. The van der Waals surface area contributed by atoms with Gasteiger partial charge in [-0.15, -0.1) is 0 Å². The van der Waals surface area contributed by atoms with Crippen LogP contribution in [0.5, 0.6) is 0 Å². The van der Waals surface area contributed by atoms with Crippen molar-refractivity contribution in [1.29, 1.82) is 0 Å². The lowest BCUT2D eigenvalue weighted by Gasteiger charge is -2.17. The molecule has 0 saturated carbocycles. The third-order valence-electron chi connectivity index (χ3n) is 3.69. The molecule has 0 heterocycles. The van der Waals surface area contributed by atoms with Crippen LogP contribution in [0.15, 0.2) is 24.3 Å². The van der Waals surface area contributed by atoms with Crippen molar-refractivity contribution in [1.82, 2.24) is 0 Å². The molecule has 0 amide bonds. The number of ether oxygens (including phenoxy) is 2. The second-order valence-electron chi connectivity index (χ2n) is 4.99. The Balaban J connectivity index is 2.83. The van der Waals surface area contributed by atoms with Gasteiger partial charge >= 0.3 is 11.9 Å². The van der Waals surface area contributed by atoms with Crippen molar-refractivity contribution in [3.8, 4) is 0 Å². The molecule has 0 aromatic heterocycles. The Bertz CT molecular complexity index is 669. The molecule has 2 rings (SSSR count). The van der Waals surface area contributed by atoms with E-state index in [1.54, 1.807) is 13.8 Å². The van der Waals surface area contributed by atoms with Crippen LogP contribution in [0.2, 0.25) is 0 Å². The highest BCUT2D eigenvalue weighted by Crippen LogP contribution is 2.31. The van der Waals surface area contributed by atoms with E-state index in [0.717, 1.165) is 21.9 Å². The maximum atomic E-state index is 12.4. The second-order valence-corrected chi connectivity index (χ2v) is 4.99. The van der Waals surface area contributed by atoms with Gasteiger partial charge in [-0.05, 0) is 49.6 Å². The maximum Gasteiger partial charge on any atom is 0.339 e. The van der Waals surface area contributed by atoms with Gasteiger partial charge in [0.1, 0.15) is 0 Å². The van der Waals surface area contributed by atoms with Gasteiger partial charge in [0.25, 0.3) is 0 Å². The minimum atomic E-state index is -0.489. The van der Waals surface area contributed by atoms with Gasteiger partial charge in [0.05, 0.1) is 24.3 Å². The molecule has 0 aliphatic heterocycles. The van der Waals surface area contributed by atoms with Crippen molar-refractivity contribution >= 4 is 22.7 Å². The number of carbonyl (C=O) groups excluding carboxylic acids is 2. The van der Waals surface area contributed by atoms with Crippen LogP contribution in [0.1, 0.15) is 45.7 Å². The van der Waals surface area contributed by atoms with Gasteiger partial charge in [-0.1, -0.05) is 24.3 Å². The van der Waals surface area contributed by atoms with Crippen LogP contribution in [-0.4, -0.2) is 25.2 Å². The van der Waals surface area contributed by atoms with Gasteiger partial charge in [-0.25, -0.2) is 9.59 Å². The molecule has 0 aliphatic rings. The van der Waals surface area contributed by atoms with E-state index in [2.05, 4.69) is 0 Å². The highest BCUT2D eigenvalue weighted by molar-refractivity contribution is 6.11. The molecule has 4 heteroatoms. The van der Waals surface area contributed by atoms with E-state index in [4.69, 9.17) is 9.47 Å². The van der Waals surface area contributed by atoms with Crippen molar-refractivity contribution in [2.45, 2.75) is 27.7 Å². The summed E-state index contributed by atoms with van der Waals surface area (Å²) in [7, 11) is 0. The summed E-state index contributed by atoms with van der Waals surface area (Å²) >= 11 is 0. The molecule has 0 unspecified atom stereocenters. The topological polar surface area (TPSA) is 52.6 Å². The van der Waals surface area contributed by atoms with Crippen LogP contribution in [0.25, 0.3) is 10.8 Å². The van der Waals surface area contributed by atoms with Crippen LogP contribution in [-0.2, 0) is 9.47 Å². The normalized spacial score (nSPS) is 10.5. The number of rotatable bonds is 4. The number of benzene rings is 2. The first-order chi connectivity index (χ1) is 10.5. The van der Waals surface area contributed by atoms with E-state index < -0.39 is 11.9 Å². The molecular formula is C18H20O4. The third-order valence-corrected chi connectivity index (χ3v) is 3.69. The molecule has 0 saturated heterocycles. The summed E-state index contributed by atoms with van der Waals surface area (Å²) in [6.07, 6.45) is 0. The predicted octanol–water partition coefficient (Wildman–Crippen LogP) is 3.81. The molecular weight excluding hydrogens is 280 g/mol. The Labute approximate surface area is 130 Å². The number of hydrogen-bond donors (Lipinski definition) is 0. The molecule has 22 heavy (non-hydrogen) atoms. The van der Waals surface area contributed by atoms with E-state index in [-0.39, 0.29) is 13.2 Å². The largest absolute Gasteiger partial charge is 0.462 e. The molecule has 2 aromatic carbocycles. The van der Waals surface area contributed by atoms with E-state index in [1.165, 1.54) is 0 Å². The van der Waals surface area contributed by atoms with Crippen molar-refractivity contribution in [3.05, 3.63) is 46.5 Å². The zero-order chi connectivity index (χ0) is 16.3. The van der Waals surface area contributed by atoms with E-state index >= 15 is 0 Å². The fourth-order valence-electron chi connectivity index (χ4n) is 2.70. The number of aryl methyl sites for hydroxylation is 2. The second kappa shape index (κ2) is 6.60. The Hall–Kier alpha value is -2.36. The van der Waals surface area contributed by atoms with Gasteiger partial charge in [0.15, 0.2) is 0 Å². The monoisotopic (exact) mass is 300 g/mol. The maximum absolute atomic E-state index is 12.4. The van der Waals surface area contributed by atoms with Crippen LogP contribution in [0.3, 0.4) is 0 Å². The van der Waals surface area contributed by atoms with Crippen molar-refractivity contribution in [2.24, 2.45) is 0 Å². The smallest absolute Gasteiger partial charge is 0.339 e. The fraction of sp³-hybridized carbons (Fsp3) is 0.333. The summed E-state index contributed by atoms with van der Waals surface area (Å²) in [5.74, 6) is -0.978. The average molecular weight is 300 g/mol. The van der Waals surface area contributed by atoms with Crippen LogP contribution in [0.4, 0.5) is 0 Å². The summed E-state index contributed by atoms with van der Waals surface area (Å²) in [6, 6.07) is 7.70. The molecule has 116 valence electrons. The SMILES string of the molecule is CCOC(=O)c1c(C(=O)OCC)c(C)c2ccccc2c1C. The molecule has 0 spiro atoms. The molecule has 0 aliphatic carbocycles. The van der Waals surface area contributed by atoms with Gasteiger partial charge in [0, 0.05) is 0 Å². The third kappa shape index (κ3) is 2.69. The Morgan fingerprint density at radius 1 is 0.818 bits per heavy atom. The van der Waals surface area contributed by atoms with Crippen LogP contribution in [0, 0.1) is 13.8 Å².